The Morgan fingerprint density at radius 1 is 1.47 bits per heavy atom. The van der Waals surface area contributed by atoms with Crippen LogP contribution in [-0.2, 0) is 0 Å². The van der Waals surface area contributed by atoms with Gasteiger partial charge in [-0.2, -0.15) is 0 Å². The number of hydrogen-bond donors (Lipinski definition) is 2. The van der Waals surface area contributed by atoms with Crippen molar-refractivity contribution in [2.75, 3.05) is 5.32 Å². The summed E-state index contributed by atoms with van der Waals surface area (Å²) >= 11 is 8.13. The zero-order valence-electron chi connectivity index (χ0n) is 8.47. The fourth-order valence-electron chi connectivity index (χ4n) is 1.01. The minimum absolute atomic E-state index is 0.104. The Labute approximate surface area is 108 Å². The number of urea groups is 1. The molecule has 0 radical (unpaired) electrons. The van der Waals surface area contributed by atoms with Crippen molar-refractivity contribution in [3.05, 3.63) is 26.8 Å². The van der Waals surface area contributed by atoms with E-state index in [-0.39, 0.29) is 12.1 Å². The highest BCUT2D eigenvalue weighted by molar-refractivity contribution is 14.1. The van der Waals surface area contributed by atoms with Gasteiger partial charge in [0.15, 0.2) is 0 Å². The minimum atomic E-state index is -0.242. The summed E-state index contributed by atoms with van der Waals surface area (Å²) in [5, 5.41) is 5.95. The highest BCUT2D eigenvalue weighted by Gasteiger charge is 2.06. The van der Waals surface area contributed by atoms with Gasteiger partial charge in [-0.1, -0.05) is 11.6 Å². The summed E-state index contributed by atoms with van der Waals surface area (Å²) in [6.45, 7) is 3.80. The van der Waals surface area contributed by atoms with Crippen LogP contribution in [0.3, 0.4) is 0 Å². The molecule has 2 amide bonds. The van der Waals surface area contributed by atoms with Gasteiger partial charge in [-0.05, 0) is 54.6 Å². The summed E-state index contributed by atoms with van der Waals surface area (Å²) in [7, 11) is 0. The molecule has 82 valence electrons. The molecule has 1 aromatic rings. The lowest BCUT2D eigenvalue weighted by atomic mass is 10.3. The number of amides is 2. The van der Waals surface area contributed by atoms with E-state index in [0.717, 1.165) is 3.57 Å². The molecule has 0 saturated heterocycles. The second-order valence-electron chi connectivity index (χ2n) is 3.38. The largest absolute Gasteiger partial charge is 0.336 e. The maximum absolute atomic E-state index is 11.4. The third kappa shape index (κ3) is 4.25. The van der Waals surface area contributed by atoms with Crippen LogP contribution in [0.1, 0.15) is 13.8 Å². The first-order chi connectivity index (χ1) is 6.99. The smallest absolute Gasteiger partial charge is 0.319 e. The van der Waals surface area contributed by atoms with Crippen LogP contribution in [0, 0.1) is 3.57 Å². The van der Waals surface area contributed by atoms with E-state index < -0.39 is 0 Å². The van der Waals surface area contributed by atoms with Crippen molar-refractivity contribution in [3.8, 4) is 0 Å². The van der Waals surface area contributed by atoms with Crippen LogP contribution in [0.2, 0.25) is 5.02 Å². The molecule has 3 nitrogen and oxygen atoms in total. The molecular weight excluding hydrogens is 326 g/mol. The Kier molecular flexibility index (Phi) is 4.66. The van der Waals surface area contributed by atoms with E-state index in [2.05, 4.69) is 33.2 Å². The second kappa shape index (κ2) is 5.55. The van der Waals surface area contributed by atoms with Crippen molar-refractivity contribution in [2.45, 2.75) is 19.9 Å². The fourth-order valence-corrected chi connectivity index (χ4v) is 1.91. The summed E-state index contributed by atoms with van der Waals surface area (Å²) in [6, 6.07) is 5.33. The number of benzene rings is 1. The Balaban J connectivity index is 2.68. The molecule has 5 heteroatoms. The summed E-state index contributed by atoms with van der Waals surface area (Å²) in [4.78, 5) is 11.4. The van der Waals surface area contributed by atoms with Gasteiger partial charge in [0, 0.05) is 9.61 Å². The van der Waals surface area contributed by atoms with Crippen molar-refractivity contribution in [1.29, 1.82) is 0 Å². The predicted octanol–water partition coefficient (Wildman–Crippen LogP) is 3.47. The van der Waals surface area contributed by atoms with Crippen LogP contribution in [0.25, 0.3) is 0 Å². The zero-order valence-corrected chi connectivity index (χ0v) is 11.4. The van der Waals surface area contributed by atoms with Gasteiger partial charge in [0.1, 0.15) is 0 Å². The lowest BCUT2D eigenvalue weighted by molar-refractivity contribution is 0.250. The lowest BCUT2D eigenvalue weighted by Gasteiger charge is -2.11. The topological polar surface area (TPSA) is 41.1 Å². The van der Waals surface area contributed by atoms with Crippen molar-refractivity contribution in [3.63, 3.8) is 0 Å². The molecule has 1 aromatic carbocycles. The van der Waals surface area contributed by atoms with Gasteiger partial charge < -0.3 is 10.6 Å². The number of nitrogens with one attached hydrogen (secondary N) is 2. The number of carbonyl (C=O) groups is 1. The Bertz CT molecular complexity index is 368. The van der Waals surface area contributed by atoms with E-state index in [1.54, 1.807) is 12.1 Å². The summed E-state index contributed by atoms with van der Waals surface area (Å²) in [5.41, 5.74) is 0.621. The Morgan fingerprint density at radius 3 is 2.67 bits per heavy atom. The zero-order chi connectivity index (χ0) is 11.4. The monoisotopic (exact) mass is 338 g/mol. The summed E-state index contributed by atoms with van der Waals surface area (Å²) in [6.07, 6.45) is 0. The first kappa shape index (κ1) is 12.6. The fraction of sp³-hybridized carbons (Fsp3) is 0.300. The number of halogens is 2. The SMILES string of the molecule is CC(C)NC(=O)Nc1ccc(I)cc1Cl. The van der Waals surface area contributed by atoms with Gasteiger partial charge in [-0.15, -0.1) is 0 Å². The first-order valence-electron chi connectivity index (χ1n) is 4.51. The number of rotatable bonds is 2. The lowest BCUT2D eigenvalue weighted by Crippen LogP contribution is -2.34. The van der Waals surface area contributed by atoms with E-state index in [1.165, 1.54) is 0 Å². The van der Waals surface area contributed by atoms with E-state index in [0.29, 0.717) is 10.7 Å². The normalized spacial score (nSPS) is 10.2. The molecule has 0 bridgehead atoms. The van der Waals surface area contributed by atoms with Crippen LogP contribution >= 0.6 is 34.2 Å². The molecule has 0 spiro atoms. The Hall–Kier alpha value is -0.490. The van der Waals surface area contributed by atoms with Crippen LogP contribution in [-0.4, -0.2) is 12.1 Å². The molecule has 0 aromatic heterocycles. The average molecular weight is 339 g/mol. The van der Waals surface area contributed by atoms with Gasteiger partial charge in [0.2, 0.25) is 0 Å². The van der Waals surface area contributed by atoms with Gasteiger partial charge in [0.05, 0.1) is 10.7 Å². The molecule has 0 saturated carbocycles. The maximum atomic E-state index is 11.4. The molecule has 1 rings (SSSR count). The second-order valence-corrected chi connectivity index (χ2v) is 5.03. The number of anilines is 1. The van der Waals surface area contributed by atoms with Gasteiger partial charge >= 0.3 is 6.03 Å². The molecule has 0 aliphatic rings. The molecular formula is C10H12ClIN2O. The predicted molar refractivity (Wildman–Crippen MR) is 71.5 cm³/mol. The molecule has 0 aliphatic heterocycles. The molecule has 15 heavy (non-hydrogen) atoms. The van der Waals surface area contributed by atoms with Crippen LogP contribution in [0.5, 0.6) is 0 Å². The Morgan fingerprint density at radius 2 is 2.13 bits per heavy atom. The summed E-state index contributed by atoms with van der Waals surface area (Å²) in [5.74, 6) is 0. The van der Waals surface area contributed by atoms with Gasteiger partial charge in [0.25, 0.3) is 0 Å². The van der Waals surface area contributed by atoms with Crippen molar-refractivity contribution in [2.24, 2.45) is 0 Å². The van der Waals surface area contributed by atoms with Crippen molar-refractivity contribution < 1.29 is 4.79 Å². The van der Waals surface area contributed by atoms with Crippen LogP contribution in [0.15, 0.2) is 18.2 Å². The van der Waals surface area contributed by atoms with Gasteiger partial charge in [-0.3, -0.25) is 0 Å². The van der Waals surface area contributed by atoms with E-state index >= 15 is 0 Å². The van der Waals surface area contributed by atoms with E-state index in [9.17, 15) is 4.79 Å². The third-order valence-electron chi connectivity index (χ3n) is 1.60. The highest BCUT2D eigenvalue weighted by atomic mass is 127. The summed E-state index contributed by atoms with van der Waals surface area (Å²) < 4.78 is 1.03. The average Bonchev–Trinajstić information content (AvgIpc) is 2.08. The molecule has 0 unspecified atom stereocenters. The van der Waals surface area contributed by atoms with Crippen LogP contribution in [0.4, 0.5) is 10.5 Å². The van der Waals surface area contributed by atoms with Crippen molar-refractivity contribution in [1.82, 2.24) is 5.32 Å². The quantitative estimate of drug-likeness (QED) is 0.797. The first-order valence-corrected chi connectivity index (χ1v) is 5.97. The van der Waals surface area contributed by atoms with E-state index in [4.69, 9.17) is 11.6 Å². The van der Waals surface area contributed by atoms with Crippen LogP contribution < -0.4 is 10.6 Å². The molecule has 0 heterocycles. The molecule has 0 atom stereocenters. The standard InChI is InChI=1S/C10H12ClIN2O/c1-6(2)13-10(15)14-9-4-3-7(12)5-8(9)11/h3-6H,1-2H3,(H2,13,14,15). The molecule has 0 aliphatic carbocycles. The maximum Gasteiger partial charge on any atom is 0.319 e. The van der Waals surface area contributed by atoms with Gasteiger partial charge in [-0.25, -0.2) is 4.79 Å². The van der Waals surface area contributed by atoms with Crippen molar-refractivity contribution >= 4 is 45.9 Å². The minimum Gasteiger partial charge on any atom is -0.336 e. The van der Waals surface area contributed by atoms with E-state index in [1.807, 2.05) is 19.9 Å². The third-order valence-corrected chi connectivity index (χ3v) is 2.58. The highest BCUT2D eigenvalue weighted by Crippen LogP contribution is 2.23. The number of hydrogen-bond acceptors (Lipinski definition) is 1. The number of carbonyl (C=O) groups excluding carboxylic acids is 1. The molecule has 2 N–H and O–H groups in total. The molecule has 0 fully saturated rings.